The Morgan fingerprint density at radius 3 is 1.89 bits per heavy atom. The largest absolute Gasteiger partial charge is 0.420 e. The Morgan fingerprint density at radius 1 is 0.643 bits per heavy atom. The van der Waals surface area contributed by atoms with Crippen LogP contribution in [0, 0.1) is 11.8 Å². The van der Waals surface area contributed by atoms with Gasteiger partial charge in [-0.2, -0.15) is 35.1 Å². The number of nitrogens with one attached hydrogen (secondary N) is 3. The topological polar surface area (TPSA) is 172 Å². The molecule has 2 saturated carbocycles. The van der Waals surface area contributed by atoms with Gasteiger partial charge in [-0.3, -0.25) is 4.40 Å². The molecule has 440 valence electrons. The Morgan fingerprint density at radius 2 is 1.25 bits per heavy atom. The summed E-state index contributed by atoms with van der Waals surface area (Å²) in [6.07, 6.45) is 3.17. The van der Waals surface area contributed by atoms with Crippen molar-refractivity contribution in [3.05, 3.63) is 132 Å². The summed E-state index contributed by atoms with van der Waals surface area (Å²) in [4.78, 5) is 0. The van der Waals surface area contributed by atoms with Crippen molar-refractivity contribution in [2.75, 3.05) is 41.1 Å². The van der Waals surface area contributed by atoms with Crippen LogP contribution in [0.15, 0.2) is 116 Å². The highest BCUT2D eigenvalue weighted by atomic mass is 35.5. The summed E-state index contributed by atoms with van der Waals surface area (Å²) in [6.45, 7) is 4.03. The Kier molecular flexibility index (Phi) is 15.1. The second-order valence-electron chi connectivity index (χ2n) is 23.1. The van der Waals surface area contributed by atoms with E-state index >= 15 is 26.3 Å². The van der Waals surface area contributed by atoms with Crippen LogP contribution in [0.25, 0.3) is 62.5 Å². The number of pyridine rings is 3. The number of rotatable bonds is 14. The number of aliphatic hydroxyl groups is 1. The highest BCUT2D eigenvalue weighted by Gasteiger charge is 2.40. The van der Waals surface area contributed by atoms with Gasteiger partial charge in [0, 0.05) is 65.8 Å². The quantitative estimate of drug-likeness (QED) is 0.0603. The van der Waals surface area contributed by atoms with Crippen molar-refractivity contribution in [2.24, 2.45) is 11.8 Å². The van der Waals surface area contributed by atoms with Gasteiger partial charge in [0.25, 0.3) is 11.6 Å². The molecule has 84 heavy (non-hydrogen) atoms. The van der Waals surface area contributed by atoms with Gasteiger partial charge in [-0.05, 0) is 179 Å². The van der Waals surface area contributed by atoms with E-state index in [1.165, 1.54) is 32.0 Å². The van der Waals surface area contributed by atoms with E-state index in [0.29, 0.717) is 58.5 Å². The normalized spacial score (nSPS) is 20.0. The van der Waals surface area contributed by atoms with Gasteiger partial charge in [0.2, 0.25) is 0 Å². The van der Waals surface area contributed by atoms with Crippen LogP contribution >= 0.6 is 11.6 Å². The average Bonchev–Trinajstić information content (AvgIpc) is 2.59. The summed E-state index contributed by atoms with van der Waals surface area (Å²) in [6, 6.07) is 24.6. The lowest BCUT2D eigenvalue weighted by atomic mass is 9.77. The van der Waals surface area contributed by atoms with Crippen LogP contribution in [0.4, 0.5) is 43.4 Å². The highest BCUT2D eigenvalue weighted by Crippen LogP contribution is 2.39. The summed E-state index contributed by atoms with van der Waals surface area (Å²) < 4.78 is 131. The molecule has 0 atom stereocenters. The molecular weight excluding hydrogens is 1130 g/mol. The first-order valence-electron chi connectivity index (χ1n) is 28.2. The minimum absolute atomic E-state index is 0.0151. The fraction of sp³-hybridized carbons (Fsp3) is 0.400. The molecule has 3 fully saturated rings. The van der Waals surface area contributed by atoms with E-state index in [-0.39, 0.29) is 81.3 Å². The molecule has 3 aliphatic rings. The smallest absolute Gasteiger partial charge is 0.390 e. The van der Waals surface area contributed by atoms with Crippen LogP contribution in [0.1, 0.15) is 89.2 Å². The summed E-state index contributed by atoms with van der Waals surface area (Å²) in [7, 11) is -1.43. The third-order valence-corrected chi connectivity index (χ3v) is 18.9. The number of benzene rings is 3. The fourth-order valence-electron chi connectivity index (χ4n) is 12.2. The predicted molar refractivity (Wildman–Crippen MR) is 307 cm³/mol. The summed E-state index contributed by atoms with van der Waals surface area (Å²) in [5.41, 5.74) is 0.142. The molecule has 1 aliphatic heterocycles. The van der Waals surface area contributed by atoms with Gasteiger partial charge in [0.15, 0.2) is 22.8 Å². The lowest BCUT2D eigenvalue weighted by molar-refractivity contribution is -0.631. The van der Waals surface area contributed by atoms with Gasteiger partial charge in [-0.25, -0.2) is 8.42 Å². The molecule has 4 N–H and O–H groups in total. The number of fused-ring (bicyclic) bond motifs is 3. The van der Waals surface area contributed by atoms with Gasteiger partial charge in [-0.15, -0.1) is 10.2 Å². The van der Waals surface area contributed by atoms with E-state index < -0.39 is 38.9 Å². The third-order valence-electron chi connectivity index (χ3n) is 16.9. The molecule has 0 spiro atoms. The van der Waals surface area contributed by atoms with Gasteiger partial charge in [0.1, 0.15) is 27.8 Å². The van der Waals surface area contributed by atoms with Crippen molar-refractivity contribution in [2.45, 2.75) is 114 Å². The number of sulfone groups is 1. The second kappa shape index (κ2) is 22.3. The molecule has 6 aromatic heterocycles. The Balaban J connectivity index is 0.959. The van der Waals surface area contributed by atoms with Gasteiger partial charge >= 0.3 is 23.6 Å². The number of ether oxygens (including phenoxy) is 1. The van der Waals surface area contributed by atoms with Gasteiger partial charge < -0.3 is 25.8 Å². The van der Waals surface area contributed by atoms with Gasteiger partial charge in [0.05, 0.1) is 45.8 Å². The van der Waals surface area contributed by atoms with E-state index in [9.17, 15) is 13.5 Å². The first kappa shape index (κ1) is 57.1. The van der Waals surface area contributed by atoms with Crippen LogP contribution in [0.2, 0.25) is 5.02 Å². The lowest BCUT2D eigenvalue weighted by Crippen LogP contribution is -2.37. The molecular formula is C60H63ClF6N12O4S+2. The number of anilines is 3. The SMILES string of the molecule is COC1CCC(Nc2ccc3n(c2)c(-c2cccc(Cl)c2)n[n+]3-c2ccc(-c3n[n+](-c4cc(-c5nnc6ccc(NC7CCC(C(C)(C)O)CC7)cn56)cc(C(F)(F)F)c4)c4ccc(NCC5CCS(=O)(=O)CC5)cn34)cc2C(F)(F)F)CC1. The monoisotopic (exact) mass is 1200 g/mol. The van der Waals surface area contributed by atoms with E-state index in [0.717, 1.165) is 75.3 Å². The van der Waals surface area contributed by atoms with Crippen LogP contribution in [-0.4, -0.2) is 96.1 Å². The summed E-state index contributed by atoms with van der Waals surface area (Å²) >= 11 is 6.48. The number of methoxy groups -OCH3 is 1. The minimum Gasteiger partial charge on any atom is -0.390 e. The van der Waals surface area contributed by atoms with Crippen molar-refractivity contribution in [3.8, 4) is 45.5 Å². The number of hydrogen-bond acceptors (Lipinski definition) is 11. The number of alkyl halides is 6. The Hall–Kier alpha value is -7.34. The molecule has 3 aromatic carbocycles. The molecule has 0 radical (unpaired) electrons. The minimum atomic E-state index is -4.97. The van der Waals surface area contributed by atoms with E-state index in [2.05, 4.69) is 26.1 Å². The van der Waals surface area contributed by atoms with Crippen LogP contribution in [-0.2, 0) is 26.9 Å². The molecule has 0 bridgehead atoms. The molecule has 7 heterocycles. The van der Waals surface area contributed by atoms with Crippen molar-refractivity contribution in [1.82, 2.24) is 33.6 Å². The summed E-state index contributed by atoms with van der Waals surface area (Å²) in [5.74, 6) is 0.666. The number of hydrogen-bond donors (Lipinski definition) is 4. The molecule has 0 unspecified atom stereocenters. The third kappa shape index (κ3) is 11.9. The van der Waals surface area contributed by atoms with Crippen LogP contribution in [0.5, 0.6) is 0 Å². The summed E-state index contributed by atoms with van der Waals surface area (Å²) in [5, 5.41) is 39.9. The van der Waals surface area contributed by atoms with Crippen molar-refractivity contribution >= 4 is 55.4 Å². The van der Waals surface area contributed by atoms with Crippen molar-refractivity contribution in [1.29, 1.82) is 0 Å². The number of nitrogens with zero attached hydrogens (tertiary/aromatic N) is 9. The lowest BCUT2D eigenvalue weighted by Gasteiger charge is -2.36. The zero-order valence-electron chi connectivity index (χ0n) is 46.3. The van der Waals surface area contributed by atoms with E-state index in [4.69, 9.17) is 26.5 Å². The van der Waals surface area contributed by atoms with E-state index in [1.807, 2.05) is 32.2 Å². The first-order valence-corrected chi connectivity index (χ1v) is 30.4. The standard InChI is InChI=1S/C60H63ClF6N12O4S/c1-58(2,80)40-8-10-43(11-9-40)69-46-14-20-52-71-72-55(75(52)34-46)39-27-41(59(62,63)64)31-48(29-39)78-53-21-15-45(68-32-36-23-25-84(81,82)26-24-36)33-76(53)57(73-78)38-7-19-51(50(30-38)60(65,66)67)79-54-22-16-47(70-44-12-17-49(83-3)18-13-44)35-77(54)56(74-79)37-5-4-6-42(61)28-37/h4-7,14-16,19-22,27-31,33-36,40,43-44,49,68-70,80H,8-13,17-18,23-26,32H2,1-3H3/q+2. The number of aromatic nitrogens is 9. The van der Waals surface area contributed by atoms with Crippen molar-refractivity contribution < 1.29 is 54.0 Å². The van der Waals surface area contributed by atoms with Crippen LogP contribution < -0.4 is 25.3 Å². The average molecular weight is 1200 g/mol. The number of halogens is 7. The molecule has 12 rings (SSSR count). The maximum absolute atomic E-state index is 15.9. The highest BCUT2D eigenvalue weighted by molar-refractivity contribution is 7.91. The molecule has 2 aliphatic carbocycles. The Bertz CT molecular complexity index is 4040. The zero-order valence-corrected chi connectivity index (χ0v) is 47.9. The maximum Gasteiger partial charge on any atom is 0.420 e. The van der Waals surface area contributed by atoms with Crippen LogP contribution in [0.3, 0.4) is 0 Å². The first-order chi connectivity index (χ1) is 40.0. The molecule has 0 amide bonds. The van der Waals surface area contributed by atoms with Gasteiger partial charge in [-0.1, -0.05) is 27.0 Å². The zero-order chi connectivity index (χ0) is 58.9. The molecule has 1 saturated heterocycles. The van der Waals surface area contributed by atoms with E-state index in [1.54, 1.807) is 76.8 Å². The fourth-order valence-corrected chi connectivity index (χ4v) is 14.0. The maximum atomic E-state index is 15.9. The van der Waals surface area contributed by atoms with Crippen molar-refractivity contribution in [3.63, 3.8) is 0 Å². The molecule has 9 aromatic rings. The Labute approximate surface area is 485 Å². The molecule has 16 nitrogen and oxygen atoms in total. The molecule has 24 heteroatoms. The predicted octanol–water partition coefficient (Wildman–Crippen LogP) is 11.6. The second-order valence-corrected chi connectivity index (χ2v) is 25.9.